The maximum Gasteiger partial charge on any atom is 0.222 e. The molecule has 4 heterocycles. The predicted octanol–water partition coefficient (Wildman–Crippen LogP) is 11.4. The van der Waals surface area contributed by atoms with E-state index in [1.54, 1.807) is 54.7 Å². The highest BCUT2D eigenvalue weighted by molar-refractivity contribution is 7.15. The number of hydrogen-bond donors (Lipinski definition) is 2. The Hall–Kier alpha value is -6.27. The highest BCUT2D eigenvalue weighted by atomic mass is 35.5. The number of rotatable bonds is 27. The van der Waals surface area contributed by atoms with Gasteiger partial charge in [0, 0.05) is 75.7 Å². The summed E-state index contributed by atoms with van der Waals surface area (Å²) in [7, 11) is 1.45. The average molecular weight is 1200 g/mol. The van der Waals surface area contributed by atoms with Crippen molar-refractivity contribution >= 4 is 57.7 Å². The number of nitrogens with zero attached hydrogens (tertiary/aromatic N) is 5. The number of ketones is 2. The first-order valence-corrected chi connectivity index (χ1v) is 29.4. The summed E-state index contributed by atoms with van der Waals surface area (Å²) in [4.78, 5) is 47.6. The number of aliphatic imine (C=N–C) groups is 1. The van der Waals surface area contributed by atoms with E-state index in [0.29, 0.717) is 106 Å². The zero-order chi connectivity index (χ0) is 59.6. The largest absolute Gasteiger partial charge is 0.496 e. The predicted molar refractivity (Wildman–Crippen MR) is 317 cm³/mol. The summed E-state index contributed by atoms with van der Waals surface area (Å²) in [5.74, 6) is -1.63. The van der Waals surface area contributed by atoms with E-state index in [9.17, 15) is 19.6 Å². The van der Waals surface area contributed by atoms with Gasteiger partial charge in [-0.1, -0.05) is 92.5 Å². The second kappa shape index (κ2) is 28.1. The Kier molecular flexibility index (Phi) is 21.2. The number of benzene rings is 4. The third-order valence-electron chi connectivity index (χ3n) is 15.1. The van der Waals surface area contributed by atoms with Crippen molar-refractivity contribution in [1.82, 2.24) is 25.4 Å². The molecule has 2 aromatic heterocycles. The molecule has 15 nitrogen and oxygen atoms in total. The van der Waals surface area contributed by atoms with Gasteiger partial charge >= 0.3 is 0 Å². The molecule has 4 aromatic carbocycles. The summed E-state index contributed by atoms with van der Waals surface area (Å²) in [5.41, 5.74) is 3.33. The van der Waals surface area contributed by atoms with E-state index in [0.717, 1.165) is 38.1 Å². The van der Waals surface area contributed by atoms with E-state index in [1.807, 2.05) is 56.5 Å². The van der Waals surface area contributed by atoms with E-state index >= 15 is 8.78 Å². The minimum absolute atomic E-state index is 0.0305. The van der Waals surface area contributed by atoms with Crippen molar-refractivity contribution in [1.29, 1.82) is 5.26 Å². The molecule has 2 aliphatic heterocycles. The van der Waals surface area contributed by atoms with Gasteiger partial charge in [0.1, 0.15) is 39.7 Å². The lowest BCUT2D eigenvalue weighted by Gasteiger charge is -2.37. The van der Waals surface area contributed by atoms with Gasteiger partial charge < -0.3 is 34.3 Å². The van der Waals surface area contributed by atoms with Gasteiger partial charge in [0.2, 0.25) is 5.91 Å². The van der Waals surface area contributed by atoms with Crippen molar-refractivity contribution in [3.05, 3.63) is 162 Å². The second-order valence-corrected chi connectivity index (χ2v) is 24.2. The zero-order valence-corrected chi connectivity index (χ0v) is 50.5. The lowest BCUT2D eigenvalue weighted by Crippen LogP contribution is -2.44. The van der Waals surface area contributed by atoms with Crippen LogP contribution in [0.3, 0.4) is 0 Å². The number of hydrogen-bond acceptors (Lipinski definition) is 14. The van der Waals surface area contributed by atoms with Gasteiger partial charge in [-0.25, -0.2) is 8.78 Å². The van der Waals surface area contributed by atoms with Crippen LogP contribution in [0.25, 0.3) is 5.00 Å². The van der Waals surface area contributed by atoms with Crippen LogP contribution in [0.4, 0.5) is 8.78 Å². The minimum Gasteiger partial charge on any atom is -0.496 e. The Labute approximate surface area is 498 Å². The second-order valence-electron chi connectivity index (χ2n) is 22.2. The highest BCUT2D eigenvalue weighted by Gasteiger charge is 2.61. The summed E-state index contributed by atoms with van der Waals surface area (Å²) < 4.78 is 62.8. The maximum atomic E-state index is 16.2. The first kappa shape index (κ1) is 62.8. The Morgan fingerprint density at radius 2 is 1.55 bits per heavy atom. The van der Waals surface area contributed by atoms with Crippen molar-refractivity contribution in [2.75, 3.05) is 66.5 Å². The molecule has 1 amide bonds. The number of aryl methyl sites for hydroxylation is 3. The number of thiophene rings is 1. The van der Waals surface area contributed by atoms with Crippen molar-refractivity contribution in [2.45, 2.75) is 110 Å². The number of ether oxygens (including phenoxy) is 5. The monoisotopic (exact) mass is 1190 g/mol. The fourth-order valence-corrected chi connectivity index (χ4v) is 12.5. The Morgan fingerprint density at radius 1 is 0.867 bits per heavy atom. The molecule has 0 aliphatic carbocycles. The fraction of sp³-hybridized carbons (Fsp3) is 0.444. The quantitative estimate of drug-likeness (QED) is 0.0367. The summed E-state index contributed by atoms with van der Waals surface area (Å²) in [6.07, 6.45) is 0.904. The summed E-state index contributed by atoms with van der Waals surface area (Å²) in [5, 5.41) is 27.9. The number of amides is 1. The standard InChI is InChI=1S/C63H71Cl2F2N7O8S/c1-37-14-21-46(48(66)31-37)63(36-68)53(35-62(5,6)7)71-59(56(63)45-11-9-12-47(65)57(45)67)51(76)32-43-16-15-42(33-52(43)78-8)50(75)13-10-23-79-25-27-81-29-30-82-28-26-80-24-22-69-54(77)34-49-60-73-72-40(4)74(60)61-55(38(2)39(3)83-61)58(70-49)41-17-19-44(64)20-18-41/h9,11-12,14-21,31,33,49,53,56,59,71H,10,13,22-30,32,34-35H2,1-8H3,(H,69,77)/t49-,53-,56-,59-,63-/m0/s1. The molecule has 0 unspecified atom stereocenters. The van der Waals surface area contributed by atoms with Gasteiger partial charge in [-0.2, -0.15) is 5.26 Å². The number of carbonyl (C=O) groups is 3. The SMILES string of the molecule is COc1cc(C(=O)CCCOCCOCCOCCOCCNC(=O)C[C@@H]2N=C(c3ccc(Cl)cc3)c3c(sc(C)c3C)-n3c(C)nnc32)ccc1CC(=O)[C@@H]1N[C@@H](CC(C)(C)C)[C@](C#N)(c2ccc(C)cc2F)[C@H]1c1cccc(Cl)c1F. The van der Waals surface area contributed by atoms with Gasteiger partial charge in [-0.15, -0.1) is 21.5 Å². The lowest BCUT2D eigenvalue weighted by atomic mass is 9.62. The van der Waals surface area contributed by atoms with Crippen LogP contribution < -0.4 is 15.4 Å². The molecule has 5 atom stereocenters. The third-order valence-corrected chi connectivity index (χ3v) is 16.8. The van der Waals surface area contributed by atoms with Gasteiger partial charge in [0.15, 0.2) is 17.4 Å². The van der Waals surface area contributed by atoms with Gasteiger partial charge in [0.05, 0.1) is 82.6 Å². The Balaban J connectivity index is 0.733. The minimum atomic E-state index is -1.71. The molecular formula is C63H71Cl2F2N7O8S. The molecule has 2 N–H and O–H groups in total. The van der Waals surface area contributed by atoms with E-state index < -0.39 is 41.1 Å². The molecule has 0 bridgehead atoms. The molecule has 1 fully saturated rings. The average Bonchev–Trinajstić information content (AvgIpc) is 3.08. The lowest BCUT2D eigenvalue weighted by molar-refractivity contribution is -0.122. The molecule has 0 spiro atoms. The number of fused-ring (bicyclic) bond motifs is 3. The van der Waals surface area contributed by atoms with Crippen LogP contribution >= 0.6 is 34.5 Å². The van der Waals surface area contributed by atoms with Crippen molar-refractivity contribution in [3.63, 3.8) is 0 Å². The van der Waals surface area contributed by atoms with Crippen LogP contribution in [0.1, 0.15) is 124 Å². The van der Waals surface area contributed by atoms with Crippen molar-refractivity contribution in [2.24, 2.45) is 10.4 Å². The molecule has 1 saturated heterocycles. The number of aromatic nitrogens is 3. The van der Waals surface area contributed by atoms with E-state index in [4.69, 9.17) is 51.9 Å². The fourth-order valence-electron chi connectivity index (χ4n) is 11.0. The molecule has 0 radical (unpaired) electrons. The maximum absolute atomic E-state index is 16.2. The molecule has 20 heteroatoms. The third kappa shape index (κ3) is 14.6. The molecule has 6 aromatic rings. The van der Waals surface area contributed by atoms with Crippen LogP contribution in [0, 0.1) is 56.1 Å². The first-order valence-electron chi connectivity index (χ1n) is 27.8. The number of nitrogens with one attached hydrogen (secondary N) is 2. The smallest absolute Gasteiger partial charge is 0.222 e. The number of nitriles is 1. The molecular weight excluding hydrogens is 1120 g/mol. The highest BCUT2D eigenvalue weighted by Crippen LogP contribution is 2.53. The van der Waals surface area contributed by atoms with E-state index in [2.05, 4.69) is 40.7 Å². The number of Topliss-reactive ketones (excluding diaryl/α,β-unsaturated/α-hetero) is 2. The number of methoxy groups -OCH3 is 1. The topological polar surface area (TPSA) is 188 Å². The zero-order valence-electron chi connectivity index (χ0n) is 48.1. The van der Waals surface area contributed by atoms with Gasteiger partial charge in [-0.3, -0.25) is 23.9 Å². The van der Waals surface area contributed by atoms with E-state index in [-0.39, 0.29) is 58.3 Å². The Morgan fingerprint density at radius 3 is 2.22 bits per heavy atom. The normalized spacial score (nSPS) is 18.5. The van der Waals surface area contributed by atoms with Crippen LogP contribution in [-0.4, -0.2) is 117 Å². The van der Waals surface area contributed by atoms with Crippen molar-refractivity contribution < 1.29 is 46.8 Å². The summed E-state index contributed by atoms with van der Waals surface area (Å²) in [6.45, 7) is 16.8. The Bertz CT molecular complexity index is 3380. The molecule has 440 valence electrons. The van der Waals surface area contributed by atoms with Crippen LogP contribution in [0.2, 0.25) is 10.0 Å². The number of halogens is 4. The van der Waals surface area contributed by atoms with Gasteiger partial charge in [0.25, 0.3) is 0 Å². The van der Waals surface area contributed by atoms with Crippen LogP contribution in [0.15, 0.2) is 83.9 Å². The summed E-state index contributed by atoms with van der Waals surface area (Å²) in [6, 6.07) is 21.5. The molecule has 83 heavy (non-hydrogen) atoms. The summed E-state index contributed by atoms with van der Waals surface area (Å²) >= 11 is 14.2. The number of carbonyl (C=O) groups excluding carboxylic acids is 3. The van der Waals surface area contributed by atoms with Crippen LogP contribution in [0.5, 0.6) is 5.75 Å². The van der Waals surface area contributed by atoms with Gasteiger partial charge in [-0.05, 0) is 93.0 Å². The molecule has 2 aliphatic rings. The van der Waals surface area contributed by atoms with E-state index in [1.165, 1.54) is 25.3 Å². The molecule has 0 saturated carbocycles. The molecule has 8 rings (SSSR count). The first-order chi connectivity index (χ1) is 39.8. The van der Waals surface area contributed by atoms with Crippen molar-refractivity contribution in [3.8, 4) is 16.8 Å². The van der Waals surface area contributed by atoms with Crippen LogP contribution in [-0.2, 0) is 40.4 Å².